The zero-order valence-electron chi connectivity index (χ0n) is 11.6. The summed E-state index contributed by atoms with van der Waals surface area (Å²) >= 11 is 1.31. The molecule has 0 unspecified atom stereocenters. The third-order valence-electron chi connectivity index (χ3n) is 2.89. The minimum atomic E-state index is -0.138. The van der Waals surface area contributed by atoms with Crippen LogP contribution in [-0.4, -0.2) is 17.4 Å². The Hall–Kier alpha value is -2.66. The molecule has 2 aromatic carbocycles. The predicted octanol–water partition coefficient (Wildman–Crippen LogP) is 3.61. The van der Waals surface area contributed by atoms with Crippen LogP contribution in [0.5, 0.6) is 0 Å². The summed E-state index contributed by atoms with van der Waals surface area (Å²) in [4.78, 5) is 20.9. The molecule has 108 valence electrons. The molecule has 1 aliphatic heterocycles. The average molecular weight is 307 g/mol. The molecule has 1 N–H and O–H groups in total. The van der Waals surface area contributed by atoms with Crippen LogP contribution < -0.4 is 5.32 Å². The van der Waals surface area contributed by atoms with E-state index in [-0.39, 0.29) is 5.91 Å². The lowest BCUT2D eigenvalue weighted by Crippen LogP contribution is -2.19. The third kappa shape index (κ3) is 3.71. The Balaban J connectivity index is 1.71. The second kappa shape index (κ2) is 6.87. The van der Waals surface area contributed by atoms with Gasteiger partial charge in [0, 0.05) is 0 Å². The average Bonchev–Trinajstić information content (AvgIpc) is 2.89. The molecule has 0 saturated carbocycles. The van der Waals surface area contributed by atoms with Crippen LogP contribution in [0.1, 0.15) is 5.56 Å². The summed E-state index contributed by atoms with van der Waals surface area (Å²) < 4.78 is 0. The number of aliphatic imine (C=N–C) groups is 2. The molecular weight excluding hydrogens is 294 g/mol. The Morgan fingerprint density at radius 3 is 2.36 bits per heavy atom. The zero-order valence-corrected chi connectivity index (χ0v) is 12.5. The normalized spacial score (nSPS) is 18.3. The van der Waals surface area contributed by atoms with Crippen molar-refractivity contribution >= 4 is 40.9 Å². The van der Waals surface area contributed by atoms with Crippen LogP contribution >= 0.6 is 11.8 Å². The minimum absolute atomic E-state index is 0.138. The van der Waals surface area contributed by atoms with Crippen molar-refractivity contribution < 1.29 is 4.79 Å². The first kappa shape index (κ1) is 14.3. The first-order valence-corrected chi connectivity index (χ1v) is 7.54. The monoisotopic (exact) mass is 307 g/mol. The summed E-state index contributed by atoms with van der Waals surface area (Å²) in [7, 11) is 0. The summed E-state index contributed by atoms with van der Waals surface area (Å²) in [6.45, 7) is 0. The van der Waals surface area contributed by atoms with Crippen LogP contribution in [0, 0.1) is 0 Å². The topological polar surface area (TPSA) is 53.8 Å². The summed E-state index contributed by atoms with van der Waals surface area (Å²) in [5.74, 6) is -0.138. The lowest BCUT2D eigenvalue weighted by Gasteiger charge is -1.93. The summed E-state index contributed by atoms with van der Waals surface area (Å²) in [6, 6.07) is 19.2. The Morgan fingerprint density at radius 2 is 1.64 bits per heavy atom. The Morgan fingerprint density at radius 1 is 0.955 bits per heavy atom. The highest BCUT2D eigenvalue weighted by Gasteiger charge is 2.23. The number of hydrogen-bond acceptors (Lipinski definition) is 3. The molecule has 0 spiro atoms. The molecule has 1 aliphatic rings. The number of carbonyl (C=O) groups is 1. The van der Waals surface area contributed by atoms with Gasteiger partial charge in [-0.15, -0.1) is 0 Å². The molecule has 0 radical (unpaired) electrons. The lowest BCUT2D eigenvalue weighted by molar-refractivity contribution is -0.115. The highest BCUT2D eigenvalue weighted by molar-refractivity contribution is 8.18. The number of rotatable bonds is 3. The molecule has 3 rings (SSSR count). The SMILES string of the molecule is O=C1NC(=NC=Nc2ccccc2)S/C1=C/c1ccccc1. The molecule has 5 heteroatoms. The van der Waals surface area contributed by atoms with Crippen LogP contribution in [0.15, 0.2) is 75.6 Å². The fourth-order valence-electron chi connectivity index (χ4n) is 1.85. The number of benzene rings is 2. The Labute approximate surface area is 132 Å². The van der Waals surface area contributed by atoms with Crippen molar-refractivity contribution in [1.29, 1.82) is 0 Å². The molecule has 4 nitrogen and oxygen atoms in total. The van der Waals surface area contributed by atoms with Gasteiger partial charge in [-0.2, -0.15) is 0 Å². The Bertz CT molecular complexity index is 752. The molecule has 1 saturated heterocycles. The second-order valence-corrected chi connectivity index (χ2v) is 5.52. The van der Waals surface area contributed by atoms with Crippen LogP contribution in [0.25, 0.3) is 6.08 Å². The molecule has 1 amide bonds. The predicted molar refractivity (Wildman–Crippen MR) is 92.2 cm³/mol. The number of carbonyl (C=O) groups excluding carboxylic acids is 1. The van der Waals surface area contributed by atoms with Crippen molar-refractivity contribution in [1.82, 2.24) is 5.32 Å². The van der Waals surface area contributed by atoms with Gasteiger partial charge in [0.15, 0.2) is 5.17 Å². The number of hydrogen-bond donors (Lipinski definition) is 1. The van der Waals surface area contributed by atoms with Crippen LogP contribution in [0.3, 0.4) is 0 Å². The van der Waals surface area contributed by atoms with Gasteiger partial charge in [0.1, 0.15) is 6.34 Å². The molecule has 0 aromatic heterocycles. The van der Waals surface area contributed by atoms with Crippen LogP contribution in [0.2, 0.25) is 0 Å². The first-order valence-electron chi connectivity index (χ1n) is 6.72. The van der Waals surface area contributed by atoms with Gasteiger partial charge < -0.3 is 5.32 Å². The number of amides is 1. The van der Waals surface area contributed by atoms with Crippen LogP contribution in [-0.2, 0) is 4.79 Å². The number of para-hydroxylation sites is 1. The molecule has 0 atom stereocenters. The molecule has 1 fully saturated rings. The van der Waals surface area contributed by atoms with E-state index in [0.29, 0.717) is 10.1 Å². The van der Waals surface area contributed by atoms with E-state index in [1.54, 1.807) is 0 Å². The van der Waals surface area contributed by atoms with Gasteiger partial charge in [-0.1, -0.05) is 48.5 Å². The Kier molecular flexibility index (Phi) is 4.46. The quantitative estimate of drug-likeness (QED) is 0.535. The van der Waals surface area contributed by atoms with E-state index in [1.165, 1.54) is 18.1 Å². The van der Waals surface area contributed by atoms with Crippen molar-refractivity contribution in [2.45, 2.75) is 0 Å². The lowest BCUT2D eigenvalue weighted by atomic mass is 10.2. The fraction of sp³-hybridized carbons (Fsp3) is 0. The zero-order chi connectivity index (χ0) is 15.2. The van der Waals surface area contributed by atoms with Gasteiger partial charge in [-0.3, -0.25) is 4.79 Å². The second-order valence-electron chi connectivity index (χ2n) is 4.49. The van der Waals surface area contributed by atoms with E-state index in [1.807, 2.05) is 66.7 Å². The maximum absolute atomic E-state index is 11.9. The van der Waals surface area contributed by atoms with Gasteiger partial charge in [-0.05, 0) is 35.5 Å². The van der Waals surface area contributed by atoms with E-state index >= 15 is 0 Å². The third-order valence-corrected chi connectivity index (χ3v) is 3.81. The maximum atomic E-state index is 11.9. The van der Waals surface area contributed by atoms with Gasteiger partial charge >= 0.3 is 0 Å². The van der Waals surface area contributed by atoms with E-state index in [9.17, 15) is 4.79 Å². The highest BCUT2D eigenvalue weighted by Crippen LogP contribution is 2.25. The summed E-state index contributed by atoms with van der Waals surface area (Å²) in [5, 5.41) is 3.26. The summed E-state index contributed by atoms with van der Waals surface area (Å²) in [5.41, 5.74) is 1.81. The summed E-state index contributed by atoms with van der Waals surface area (Å²) in [6.07, 6.45) is 3.29. The van der Waals surface area contributed by atoms with Crippen molar-refractivity contribution in [3.05, 3.63) is 71.1 Å². The molecule has 22 heavy (non-hydrogen) atoms. The first-order chi connectivity index (χ1) is 10.8. The van der Waals surface area contributed by atoms with Gasteiger partial charge in [0.05, 0.1) is 10.6 Å². The van der Waals surface area contributed by atoms with Gasteiger partial charge in [0.25, 0.3) is 5.91 Å². The van der Waals surface area contributed by atoms with Gasteiger partial charge in [0.2, 0.25) is 0 Å². The van der Waals surface area contributed by atoms with Crippen molar-refractivity contribution in [3.63, 3.8) is 0 Å². The van der Waals surface area contributed by atoms with Crippen molar-refractivity contribution in [3.8, 4) is 0 Å². The smallest absolute Gasteiger partial charge is 0.264 e. The molecule has 2 aromatic rings. The molecule has 1 heterocycles. The van der Waals surface area contributed by atoms with Crippen molar-refractivity contribution in [2.24, 2.45) is 9.98 Å². The number of amidine groups is 1. The highest BCUT2D eigenvalue weighted by atomic mass is 32.2. The van der Waals surface area contributed by atoms with Crippen molar-refractivity contribution in [2.75, 3.05) is 0 Å². The van der Waals surface area contributed by atoms with E-state index in [0.717, 1.165) is 11.3 Å². The number of nitrogens with zero attached hydrogens (tertiary/aromatic N) is 2. The van der Waals surface area contributed by atoms with Crippen LogP contribution in [0.4, 0.5) is 5.69 Å². The number of thioether (sulfide) groups is 1. The number of nitrogens with one attached hydrogen (secondary N) is 1. The largest absolute Gasteiger partial charge is 0.300 e. The maximum Gasteiger partial charge on any atom is 0.264 e. The van der Waals surface area contributed by atoms with Gasteiger partial charge in [-0.25, -0.2) is 9.98 Å². The van der Waals surface area contributed by atoms with E-state index in [4.69, 9.17) is 0 Å². The molecule has 0 aliphatic carbocycles. The van der Waals surface area contributed by atoms with E-state index < -0.39 is 0 Å². The molecule has 0 bridgehead atoms. The standard InChI is InChI=1S/C17H13N3OS/c21-16-15(11-13-7-3-1-4-8-13)22-17(20-16)19-12-18-14-9-5-2-6-10-14/h1-12H,(H,18,19,20,21)/b15-11+. The minimum Gasteiger partial charge on any atom is -0.300 e. The fourth-order valence-corrected chi connectivity index (χ4v) is 2.64. The van der Waals surface area contributed by atoms with E-state index in [2.05, 4.69) is 15.3 Å². The molecular formula is C17H13N3OS.